The van der Waals surface area contributed by atoms with Crippen LogP contribution in [0.2, 0.25) is 0 Å². The summed E-state index contributed by atoms with van der Waals surface area (Å²) in [6.45, 7) is 4.31. The third-order valence-corrected chi connectivity index (χ3v) is 3.46. The SMILES string of the molecule is CSCC(C)NC(C)c1ccc(NC(N)=O)cc1. The predicted molar refractivity (Wildman–Crippen MR) is 79.0 cm³/mol. The molecule has 0 saturated carbocycles. The van der Waals surface area contributed by atoms with Gasteiger partial charge in [-0.1, -0.05) is 12.1 Å². The molecule has 0 heterocycles. The van der Waals surface area contributed by atoms with Crippen LogP contribution in [0.5, 0.6) is 0 Å². The Bertz CT molecular complexity index is 380. The Morgan fingerprint density at radius 1 is 1.33 bits per heavy atom. The minimum Gasteiger partial charge on any atom is -0.351 e. The van der Waals surface area contributed by atoms with Gasteiger partial charge in [-0.2, -0.15) is 11.8 Å². The van der Waals surface area contributed by atoms with E-state index in [-0.39, 0.29) is 6.04 Å². The molecule has 0 aliphatic heterocycles. The number of hydrogen-bond donors (Lipinski definition) is 3. The molecule has 0 aromatic heterocycles. The quantitative estimate of drug-likeness (QED) is 0.742. The lowest BCUT2D eigenvalue weighted by atomic mass is 10.1. The highest BCUT2D eigenvalue weighted by atomic mass is 32.2. The molecule has 1 rings (SSSR count). The van der Waals surface area contributed by atoms with Crippen LogP contribution in [0, 0.1) is 0 Å². The van der Waals surface area contributed by atoms with E-state index in [1.54, 1.807) is 0 Å². The van der Waals surface area contributed by atoms with E-state index in [1.807, 2.05) is 36.0 Å². The number of rotatable bonds is 6. The van der Waals surface area contributed by atoms with Gasteiger partial charge in [-0.3, -0.25) is 0 Å². The summed E-state index contributed by atoms with van der Waals surface area (Å²) in [5.41, 5.74) is 6.97. The van der Waals surface area contributed by atoms with Crippen molar-refractivity contribution in [2.24, 2.45) is 5.73 Å². The maximum Gasteiger partial charge on any atom is 0.316 e. The van der Waals surface area contributed by atoms with Gasteiger partial charge in [-0.05, 0) is 37.8 Å². The topological polar surface area (TPSA) is 67.2 Å². The number of benzene rings is 1. The average Bonchev–Trinajstić information content (AvgIpc) is 2.29. The van der Waals surface area contributed by atoms with Crippen molar-refractivity contribution in [2.45, 2.75) is 25.9 Å². The van der Waals surface area contributed by atoms with Crippen molar-refractivity contribution in [3.05, 3.63) is 29.8 Å². The summed E-state index contributed by atoms with van der Waals surface area (Å²) in [5, 5.41) is 6.07. The van der Waals surface area contributed by atoms with Crippen molar-refractivity contribution in [1.82, 2.24) is 5.32 Å². The fourth-order valence-electron chi connectivity index (χ4n) is 1.82. The first-order valence-corrected chi connectivity index (χ1v) is 7.33. The number of anilines is 1. The molecule has 18 heavy (non-hydrogen) atoms. The molecule has 0 bridgehead atoms. The van der Waals surface area contributed by atoms with E-state index in [0.29, 0.717) is 6.04 Å². The Balaban J connectivity index is 2.58. The lowest BCUT2D eigenvalue weighted by Crippen LogP contribution is -2.30. The molecule has 4 nitrogen and oxygen atoms in total. The van der Waals surface area contributed by atoms with E-state index in [2.05, 4.69) is 30.7 Å². The normalized spacial score (nSPS) is 13.9. The molecule has 5 heteroatoms. The first-order chi connectivity index (χ1) is 8.52. The Hall–Kier alpha value is -1.20. The Morgan fingerprint density at radius 3 is 2.44 bits per heavy atom. The zero-order chi connectivity index (χ0) is 13.5. The van der Waals surface area contributed by atoms with Gasteiger partial charge in [0.1, 0.15) is 0 Å². The van der Waals surface area contributed by atoms with Crippen LogP contribution >= 0.6 is 11.8 Å². The summed E-state index contributed by atoms with van der Waals surface area (Å²) >= 11 is 1.83. The third kappa shape index (κ3) is 4.98. The number of thioether (sulfide) groups is 1. The highest BCUT2D eigenvalue weighted by Gasteiger charge is 2.09. The second-order valence-corrected chi connectivity index (χ2v) is 5.27. The summed E-state index contributed by atoms with van der Waals surface area (Å²) in [6.07, 6.45) is 2.10. The van der Waals surface area contributed by atoms with E-state index >= 15 is 0 Å². The van der Waals surface area contributed by atoms with Crippen LogP contribution in [0.1, 0.15) is 25.5 Å². The lowest BCUT2D eigenvalue weighted by Gasteiger charge is -2.20. The van der Waals surface area contributed by atoms with Crippen LogP contribution < -0.4 is 16.4 Å². The molecule has 2 atom stereocenters. The standard InChI is InChI=1S/C13H21N3OS/c1-9(8-18-3)15-10(2)11-4-6-12(7-5-11)16-13(14)17/h4-7,9-10,15H,8H2,1-3H3,(H3,14,16,17). The fraction of sp³-hybridized carbons (Fsp3) is 0.462. The van der Waals surface area contributed by atoms with Gasteiger partial charge in [0.2, 0.25) is 0 Å². The summed E-state index contributed by atoms with van der Waals surface area (Å²) in [7, 11) is 0. The third-order valence-electron chi connectivity index (χ3n) is 2.63. The van der Waals surface area contributed by atoms with Gasteiger partial charge in [0, 0.05) is 23.5 Å². The molecule has 0 aliphatic rings. The first-order valence-electron chi connectivity index (χ1n) is 5.94. The number of nitrogens with two attached hydrogens (primary N) is 1. The van der Waals surface area contributed by atoms with Gasteiger partial charge in [0.15, 0.2) is 0 Å². The van der Waals surface area contributed by atoms with Gasteiger partial charge >= 0.3 is 6.03 Å². The Kier molecular flexibility index (Phi) is 6.01. The Labute approximate surface area is 113 Å². The molecule has 0 fully saturated rings. The number of hydrogen-bond acceptors (Lipinski definition) is 3. The van der Waals surface area contributed by atoms with Crippen molar-refractivity contribution in [1.29, 1.82) is 0 Å². The molecule has 2 unspecified atom stereocenters. The van der Waals surface area contributed by atoms with E-state index in [4.69, 9.17) is 5.73 Å². The summed E-state index contributed by atoms with van der Waals surface area (Å²) in [6, 6.07) is 7.93. The van der Waals surface area contributed by atoms with Crippen LogP contribution in [0.15, 0.2) is 24.3 Å². The molecule has 0 radical (unpaired) electrons. The van der Waals surface area contributed by atoms with Crippen molar-refractivity contribution in [2.75, 3.05) is 17.3 Å². The van der Waals surface area contributed by atoms with E-state index in [0.717, 1.165) is 11.4 Å². The molecule has 1 aromatic rings. The number of nitrogens with one attached hydrogen (secondary N) is 2. The number of amides is 2. The van der Waals surface area contributed by atoms with Crippen LogP contribution in [0.4, 0.5) is 10.5 Å². The molecule has 0 saturated heterocycles. The van der Waals surface area contributed by atoms with E-state index < -0.39 is 6.03 Å². The van der Waals surface area contributed by atoms with Gasteiger partial charge in [-0.15, -0.1) is 0 Å². The smallest absolute Gasteiger partial charge is 0.316 e. The minimum absolute atomic E-state index is 0.287. The maximum absolute atomic E-state index is 10.7. The van der Waals surface area contributed by atoms with Crippen LogP contribution in [-0.2, 0) is 0 Å². The lowest BCUT2D eigenvalue weighted by molar-refractivity contribution is 0.259. The van der Waals surface area contributed by atoms with E-state index in [9.17, 15) is 4.79 Å². The summed E-state index contributed by atoms with van der Waals surface area (Å²) < 4.78 is 0. The van der Waals surface area contributed by atoms with Crippen LogP contribution in [-0.4, -0.2) is 24.1 Å². The highest BCUT2D eigenvalue weighted by molar-refractivity contribution is 7.98. The van der Waals surface area contributed by atoms with Crippen LogP contribution in [0.3, 0.4) is 0 Å². The monoisotopic (exact) mass is 267 g/mol. The zero-order valence-electron chi connectivity index (χ0n) is 11.1. The molecule has 4 N–H and O–H groups in total. The van der Waals surface area contributed by atoms with Gasteiger partial charge in [0.05, 0.1) is 0 Å². The molecule has 2 amide bonds. The molecule has 0 spiro atoms. The second-order valence-electron chi connectivity index (χ2n) is 4.36. The van der Waals surface area contributed by atoms with Gasteiger partial charge < -0.3 is 16.4 Å². The number of primary amides is 1. The summed E-state index contributed by atoms with van der Waals surface area (Å²) in [5.74, 6) is 1.09. The Morgan fingerprint density at radius 2 is 1.94 bits per heavy atom. The molecular formula is C13H21N3OS. The van der Waals surface area contributed by atoms with Crippen molar-refractivity contribution >= 4 is 23.5 Å². The average molecular weight is 267 g/mol. The number of urea groups is 1. The first kappa shape index (κ1) is 14.9. The number of carbonyl (C=O) groups is 1. The minimum atomic E-state index is -0.539. The maximum atomic E-state index is 10.7. The molecule has 1 aromatic carbocycles. The predicted octanol–water partition coefficient (Wildman–Crippen LogP) is 2.58. The van der Waals surface area contributed by atoms with Crippen molar-refractivity contribution < 1.29 is 4.79 Å². The largest absolute Gasteiger partial charge is 0.351 e. The zero-order valence-corrected chi connectivity index (χ0v) is 11.9. The van der Waals surface area contributed by atoms with Crippen LogP contribution in [0.25, 0.3) is 0 Å². The summed E-state index contributed by atoms with van der Waals surface area (Å²) in [4.78, 5) is 10.7. The molecule has 0 aliphatic carbocycles. The fourth-order valence-corrected chi connectivity index (χ4v) is 2.41. The van der Waals surface area contributed by atoms with Gasteiger partial charge in [0.25, 0.3) is 0 Å². The van der Waals surface area contributed by atoms with Crippen molar-refractivity contribution in [3.8, 4) is 0 Å². The second kappa shape index (κ2) is 7.28. The van der Waals surface area contributed by atoms with Crippen molar-refractivity contribution in [3.63, 3.8) is 0 Å². The van der Waals surface area contributed by atoms with Gasteiger partial charge in [-0.25, -0.2) is 4.79 Å². The number of carbonyl (C=O) groups excluding carboxylic acids is 1. The molecule has 100 valence electrons. The van der Waals surface area contributed by atoms with E-state index in [1.165, 1.54) is 5.56 Å². The molecular weight excluding hydrogens is 246 g/mol. The highest BCUT2D eigenvalue weighted by Crippen LogP contribution is 2.16.